The molecule has 2 aromatic rings. The Morgan fingerprint density at radius 3 is 2.52 bits per heavy atom. The van der Waals surface area contributed by atoms with Crippen LogP contribution in [0.3, 0.4) is 0 Å². The van der Waals surface area contributed by atoms with Gasteiger partial charge < -0.3 is 19.6 Å². The molecule has 6 heteroatoms. The lowest BCUT2D eigenvalue weighted by atomic mass is 9.98. The number of aryl methyl sites for hydroxylation is 2. The number of rotatable bonds is 6. The summed E-state index contributed by atoms with van der Waals surface area (Å²) in [7, 11) is 0. The van der Waals surface area contributed by atoms with Crippen LogP contribution in [-0.2, 0) is 11.3 Å². The van der Waals surface area contributed by atoms with E-state index in [0.717, 1.165) is 55.4 Å². The summed E-state index contributed by atoms with van der Waals surface area (Å²) in [5.74, 6) is 1.36. The number of quaternary nitrogens is 2. The van der Waals surface area contributed by atoms with Crippen LogP contribution < -0.4 is 15.1 Å². The lowest BCUT2D eigenvalue weighted by Crippen LogP contribution is -3.28. The summed E-state index contributed by atoms with van der Waals surface area (Å²) in [6, 6.07) is 8.23. The number of aromatic nitrogens is 1. The Hall–Kier alpha value is -2.18. The maximum atomic E-state index is 12.6. The van der Waals surface area contributed by atoms with Crippen LogP contribution in [0.1, 0.15) is 42.3 Å². The van der Waals surface area contributed by atoms with Gasteiger partial charge in [-0.3, -0.25) is 4.79 Å². The number of amides is 1. The zero-order valence-corrected chi connectivity index (χ0v) is 16.9. The molecule has 1 fully saturated rings. The zero-order valence-electron chi connectivity index (χ0n) is 16.9. The highest BCUT2D eigenvalue weighted by molar-refractivity contribution is 5.93. The predicted octanol–water partition coefficient (Wildman–Crippen LogP) is 0.337. The fourth-order valence-corrected chi connectivity index (χ4v) is 3.82. The third-order valence-electron chi connectivity index (χ3n) is 5.37. The van der Waals surface area contributed by atoms with Crippen LogP contribution in [0.25, 0.3) is 0 Å². The van der Waals surface area contributed by atoms with Crippen LogP contribution in [0.2, 0.25) is 0 Å². The molecule has 3 rings (SSSR count). The number of nitrogens with zero attached hydrogens (tertiary/aromatic N) is 1. The van der Waals surface area contributed by atoms with Gasteiger partial charge in [0.2, 0.25) is 0 Å². The van der Waals surface area contributed by atoms with E-state index in [1.165, 1.54) is 15.4 Å². The molecule has 0 unspecified atom stereocenters. The van der Waals surface area contributed by atoms with Crippen molar-refractivity contribution in [3.63, 3.8) is 0 Å². The van der Waals surface area contributed by atoms with Crippen molar-refractivity contribution in [1.82, 2.24) is 5.16 Å². The first-order valence-electron chi connectivity index (χ1n) is 9.91. The number of hydrogen-bond donors (Lipinski definition) is 3. The van der Waals surface area contributed by atoms with Gasteiger partial charge in [0, 0.05) is 11.8 Å². The summed E-state index contributed by atoms with van der Waals surface area (Å²) in [6.45, 7) is 13.8. The van der Waals surface area contributed by atoms with Gasteiger partial charge in [0.25, 0.3) is 5.91 Å². The van der Waals surface area contributed by atoms with Crippen molar-refractivity contribution in [3.8, 4) is 0 Å². The van der Waals surface area contributed by atoms with Crippen LogP contribution in [0.5, 0.6) is 0 Å². The fourth-order valence-electron chi connectivity index (χ4n) is 3.82. The van der Waals surface area contributed by atoms with Gasteiger partial charge in [-0.15, -0.1) is 0 Å². The second-order valence-electron chi connectivity index (χ2n) is 8.02. The van der Waals surface area contributed by atoms with Crippen molar-refractivity contribution in [2.24, 2.45) is 0 Å². The predicted molar refractivity (Wildman–Crippen MR) is 105 cm³/mol. The summed E-state index contributed by atoms with van der Waals surface area (Å²) >= 11 is 0. The Morgan fingerprint density at radius 2 is 1.89 bits per heavy atom. The second-order valence-corrected chi connectivity index (χ2v) is 8.02. The quantitative estimate of drug-likeness (QED) is 0.685. The lowest BCUT2D eigenvalue weighted by molar-refractivity contribution is -1.02. The van der Waals surface area contributed by atoms with E-state index in [0.29, 0.717) is 12.5 Å². The fraction of sp³-hybridized carbons (Fsp3) is 0.524. The second kappa shape index (κ2) is 8.67. The number of nitrogens with one attached hydrogen (secondary N) is 3. The molecular weight excluding hydrogens is 340 g/mol. The highest BCUT2D eigenvalue weighted by atomic mass is 16.5. The summed E-state index contributed by atoms with van der Waals surface area (Å²) < 4.78 is 5.15. The van der Waals surface area contributed by atoms with Crippen molar-refractivity contribution in [3.05, 3.63) is 46.8 Å². The first-order chi connectivity index (χ1) is 12.9. The minimum absolute atomic E-state index is 0.108. The molecule has 0 atom stereocenters. The van der Waals surface area contributed by atoms with E-state index >= 15 is 0 Å². The van der Waals surface area contributed by atoms with E-state index < -0.39 is 0 Å². The molecule has 1 aromatic heterocycles. The molecule has 0 spiro atoms. The molecule has 2 heterocycles. The number of carbonyl (C=O) groups is 1. The van der Waals surface area contributed by atoms with Gasteiger partial charge in [-0.1, -0.05) is 37.2 Å². The molecule has 1 saturated heterocycles. The minimum atomic E-state index is 0.108. The Kier molecular flexibility index (Phi) is 6.29. The minimum Gasteiger partial charge on any atom is -0.361 e. The van der Waals surface area contributed by atoms with Crippen molar-refractivity contribution in [2.75, 3.05) is 38.0 Å². The van der Waals surface area contributed by atoms with Crippen LogP contribution in [0, 0.1) is 13.8 Å². The summed E-state index contributed by atoms with van der Waals surface area (Å²) in [6.07, 6.45) is 0. The molecule has 0 radical (unpaired) electrons. The summed E-state index contributed by atoms with van der Waals surface area (Å²) in [5, 5.41) is 7.26. The highest BCUT2D eigenvalue weighted by Gasteiger charge is 2.26. The van der Waals surface area contributed by atoms with Gasteiger partial charge in [-0.25, -0.2) is 0 Å². The first kappa shape index (κ1) is 19.6. The molecule has 1 aliphatic rings. The molecule has 0 saturated carbocycles. The molecule has 3 N–H and O–H groups in total. The largest absolute Gasteiger partial charge is 0.361 e. The lowest BCUT2D eigenvalue weighted by Gasteiger charge is -2.29. The maximum absolute atomic E-state index is 12.6. The van der Waals surface area contributed by atoms with E-state index in [2.05, 4.69) is 49.4 Å². The third-order valence-corrected chi connectivity index (χ3v) is 5.37. The molecule has 27 heavy (non-hydrogen) atoms. The van der Waals surface area contributed by atoms with E-state index in [4.69, 9.17) is 4.52 Å². The van der Waals surface area contributed by atoms with Gasteiger partial charge in [0.1, 0.15) is 44.2 Å². The van der Waals surface area contributed by atoms with Crippen LogP contribution in [-0.4, -0.2) is 43.8 Å². The van der Waals surface area contributed by atoms with E-state index in [9.17, 15) is 4.79 Å². The Bertz CT molecular complexity index is 776. The summed E-state index contributed by atoms with van der Waals surface area (Å²) in [5.41, 5.74) is 4.34. The van der Waals surface area contributed by atoms with Crippen molar-refractivity contribution < 1.29 is 19.1 Å². The average molecular weight is 373 g/mol. The number of piperazine rings is 1. The molecule has 1 aromatic carbocycles. The maximum Gasteiger partial charge on any atom is 0.279 e. The number of hydrogen-bond acceptors (Lipinski definition) is 3. The van der Waals surface area contributed by atoms with Gasteiger partial charge in [-0.2, -0.15) is 0 Å². The first-order valence-corrected chi connectivity index (χ1v) is 9.91. The average Bonchev–Trinajstić information content (AvgIpc) is 3.03. The molecular formula is C21H32N4O2+2. The van der Waals surface area contributed by atoms with Crippen molar-refractivity contribution >= 4 is 11.6 Å². The SMILES string of the molecule is Cc1cc(C[NH+]2CC[NH+](CC(=O)Nc3c(C)cccc3C(C)C)CC2)no1. The molecule has 0 aliphatic carbocycles. The topological polar surface area (TPSA) is 64.0 Å². The van der Waals surface area contributed by atoms with Crippen LogP contribution >= 0.6 is 0 Å². The van der Waals surface area contributed by atoms with Crippen molar-refractivity contribution in [2.45, 2.75) is 40.2 Å². The Labute approximate surface area is 161 Å². The molecule has 1 aliphatic heterocycles. The van der Waals surface area contributed by atoms with Gasteiger partial charge in [0.15, 0.2) is 6.54 Å². The van der Waals surface area contributed by atoms with Crippen molar-refractivity contribution in [1.29, 1.82) is 0 Å². The molecule has 0 bridgehead atoms. The normalized spacial score (nSPS) is 20.0. The van der Waals surface area contributed by atoms with E-state index in [1.807, 2.05) is 13.0 Å². The smallest absolute Gasteiger partial charge is 0.279 e. The van der Waals surface area contributed by atoms with Gasteiger partial charge in [-0.05, 0) is 30.9 Å². The number of para-hydroxylation sites is 1. The molecule has 146 valence electrons. The monoisotopic (exact) mass is 372 g/mol. The number of carbonyl (C=O) groups excluding carboxylic acids is 1. The Balaban J connectivity index is 1.50. The van der Waals surface area contributed by atoms with Gasteiger partial charge in [0.05, 0.1) is 0 Å². The third kappa shape index (κ3) is 5.17. The Morgan fingerprint density at radius 1 is 1.19 bits per heavy atom. The van der Waals surface area contributed by atoms with Crippen LogP contribution in [0.4, 0.5) is 5.69 Å². The van der Waals surface area contributed by atoms with Gasteiger partial charge >= 0.3 is 0 Å². The highest BCUT2D eigenvalue weighted by Crippen LogP contribution is 2.27. The van der Waals surface area contributed by atoms with E-state index in [-0.39, 0.29) is 5.91 Å². The number of benzene rings is 1. The molecule has 6 nitrogen and oxygen atoms in total. The number of anilines is 1. The van der Waals surface area contributed by atoms with E-state index in [1.54, 1.807) is 0 Å². The van der Waals surface area contributed by atoms with Crippen LogP contribution in [0.15, 0.2) is 28.8 Å². The summed E-state index contributed by atoms with van der Waals surface area (Å²) in [4.78, 5) is 15.5. The zero-order chi connectivity index (χ0) is 19.4. The molecule has 1 amide bonds. The standard InChI is InChI=1S/C21H30N4O2/c1-15(2)19-7-5-6-16(3)21(19)22-20(26)14-25-10-8-24(9-11-25)13-18-12-17(4)27-23-18/h5-7,12,15H,8-11,13-14H2,1-4H3,(H,22,26)/p+2.